The fourth-order valence-electron chi connectivity index (χ4n) is 4.65. The van der Waals surface area contributed by atoms with E-state index in [1.165, 1.54) is 22.7 Å². The Hall–Kier alpha value is -5.44. The summed E-state index contributed by atoms with van der Waals surface area (Å²) in [6.07, 6.45) is 3.51. The topological polar surface area (TPSA) is 158 Å². The van der Waals surface area contributed by atoms with Gasteiger partial charge in [-0.1, -0.05) is 117 Å². The lowest BCUT2D eigenvalue weighted by atomic mass is 10.1. The van der Waals surface area contributed by atoms with Gasteiger partial charge in [0.05, 0.1) is 40.9 Å². The van der Waals surface area contributed by atoms with E-state index in [1.54, 1.807) is 42.6 Å². The van der Waals surface area contributed by atoms with Crippen LogP contribution in [-0.2, 0) is 9.47 Å². The fraction of sp³-hybridized carbons (Fsp3) is 0.209. The van der Waals surface area contributed by atoms with E-state index in [1.807, 2.05) is 99.1 Å². The van der Waals surface area contributed by atoms with Crippen LogP contribution >= 0.6 is 45.9 Å². The first-order valence-corrected chi connectivity index (χ1v) is 20.3. The average Bonchev–Trinajstić information content (AvgIpc) is 3.92. The smallest absolute Gasteiger partial charge is 0.339 e. The molecular weight excluding hydrogens is 816 g/mol. The number of rotatable bonds is 13. The number of aldehydes is 1. The van der Waals surface area contributed by atoms with E-state index in [9.17, 15) is 14.4 Å². The number of aromatic nitrogens is 2. The number of anilines is 2. The monoisotopic (exact) mass is 860 g/mol. The van der Waals surface area contributed by atoms with Crippen LogP contribution in [0.3, 0.4) is 0 Å². The number of benzene rings is 4. The summed E-state index contributed by atoms with van der Waals surface area (Å²) in [5, 5.41) is 10.7. The van der Waals surface area contributed by atoms with Crippen LogP contribution < -0.4 is 16.7 Å². The van der Waals surface area contributed by atoms with Gasteiger partial charge in [-0.25, -0.2) is 25.4 Å². The van der Waals surface area contributed by atoms with Crippen LogP contribution in [0.5, 0.6) is 0 Å². The summed E-state index contributed by atoms with van der Waals surface area (Å²) in [5.74, 6) is 4.45. The molecule has 0 spiro atoms. The van der Waals surface area contributed by atoms with Crippen LogP contribution in [0.4, 0.5) is 10.3 Å². The number of hydrazone groups is 1. The second-order valence-corrected chi connectivity index (χ2v) is 14.6. The predicted molar refractivity (Wildman–Crippen MR) is 239 cm³/mol. The molecule has 0 radical (unpaired) electrons. The van der Waals surface area contributed by atoms with Crippen LogP contribution in [0.1, 0.15) is 84.6 Å². The summed E-state index contributed by atoms with van der Waals surface area (Å²) in [6.45, 7) is 7.60. The molecule has 2 atom stereocenters. The number of carbonyl (C=O) groups excluding carboxylic acids is 3. The van der Waals surface area contributed by atoms with Gasteiger partial charge >= 0.3 is 11.9 Å². The molecular formula is C43H46Cl2N6O5S2. The minimum absolute atomic E-state index is 0. The van der Waals surface area contributed by atoms with Crippen molar-refractivity contribution in [1.82, 2.24) is 9.97 Å². The average molecular weight is 862 g/mol. The maximum atomic E-state index is 12.3. The van der Waals surface area contributed by atoms with Gasteiger partial charge in [0.1, 0.15) is 0 Å². The van der Waals surface area contributed by atoms with Crippen LogP contribution in [0.25, 0.3) is 22.5 Å². The molecule has 304 valence electrons. The Morgan fingerprint density at radius 1 is 0.724 bits per heavy atom. The minimum Gasteiger partial charge on any atom is -0.459 e. The number of nitrogens with two attached hydrogens (primary N) is 1. The van der Waals surface area contributed by atoms with Gasteiger partial charge in [-0.2, -0.15) is 5.10 Å². The van der Waals surface area contributed by atoms with Crippen molar-refractivity contribution in [3.63, 3.8) is 0 Å². The number of esters is 2. The zero-order valence-electron chi connectivity index (χ0n) is 31.6. The maximum absolute atomic E-state index is 12.3. The molecule has 0 saturated heterocycles. The molecule has 0 amide bonds. The second kappa shape index (κ2) is 24.4. The highest BCUT2D eigenvalue weighted by Gasteiger charge is 2.15. The first-order chi connectivity index (χ1) is 27.6. The van der Waals surface area contributed by atoms with E-state index in [0.29, 0.717) is 48.8 Å². The number of carbonyl (C=O) groups is 3. The molecule has 0 saturated carbocycles. The van der Waals surface area contributed by atoms with Crippen molar-refractivity contribution in [3.05, 3.63) is 140 Å². The summed E-state index contributed by atoms with van der Waals surface area (Å²) in [6, 6.07) is 28.9. The minimum atomic E-state index is -0.438. The van der Waals surface area contributed by atoms with E-state index in [0.717, 1.165) is 35.4 Å². The van der Waals surface area contributed by atoms with Crippen LogP contribution in [0.2, 0.25) is 10.0 Å². The lowest BCUT2D eigenvalue weighted by Gasteiger charge is -2.11. The molecule has 4 N–H and O–H groups in total. The van der Waals surface area contributed by atoms with E-state index >= 15 is 0 Å². The zero-order chi connectivity index (χ0) is 41.2. The highest BCUT2D eigenvalue weighted by molar-refractivity contribution is 7.14. The standard InChI is InChI=1S/C21H20ClN3O2S.C12H14O3.C9H8ClN3S.CH4/c1-3-14(2)27-20(26)16-9-5-4-8-15(16)12-23-25-21-24-19(13-28-21)17-10-6-7-11-18(17)22;1-3-9(2)15-12(14)11-7-5-4-6-10(11)8-13;10-7-4-2-1-3-6(7)8-5-14-9(12-8)13-11;/h4-14H,3H2,1-2H3,(H,24,25);4-9H,3H2,1-2H3;1-5H,11H2,(H,12,13);1H4/b23-12+;;;. The van der Waals surface area contributed by atoms with Crippen LogP contribution in [0.15, 0.2) is 113 Å². The van der Waals surface area contributed by atoms with Crippen molar-refractivity contribution in [2.75, 3.05) is 10.9 Å². The number of hydrogen-bond acceptors (Lipinski definition) is 13. The molecule has 0 aliphatic rings. The van der Waals surface area contributed by atoms with Gasteiger partial charge in [0.25, 0.3) is 0 Å². The van der Waals surface area contributed by atoms with Gasteiger partial charge in [-0.05, 0) is 51.0 Å². The van der Waals surface area contributed by atoms with E-state index in [-0.39, 0.29) is 25.6 Å². The largest absolute Gasteiger partial charge is 0.459 e. The number of nitrogen functional groups attached to an aromatic ring is 1. The summed E-state index contributed by atoms with van der Waals surface area (Å²) >= 11 is 15.1. The molecule has 2 aromatic heterocycles. The van der Waals surface area contributed by atoms with Crippen molar-refractivity contribution in [2.24, 2.45) is 10.9 Å². The molecule has 11 nitrogen and oxygen atoms in total. The fourth-order valence-corrected chi connectivity index (χ4v) is 6.39. The van der Waals surface area contributed by atoms with E-state index < -0.39 is 5.97 Å². The number of halogens is 2. The Morgan fingerprint density at radius 3 is 1.62 bits per heavy atom. The quantitative estimate of drug-likeness (QED) is 0.0335. The highest BCUT2D eigenvalue weighted by atomic mass is 35.5. The van der Waals surface area contributed by atoms with Gasteiger partial charge in [-0.15, -0.1) is 22.7 Å². The molecule has 0 bridgehead atoms. The lowest BCUT2D eigenvalue weighted by Crippen LogP contribution is -2.15. The number of hydrazine groups is 1. The number of ether oxygens (including phenoxy) is 2. The third-order valence-corrected chi connectivity index (χ3v) is 10.2. The molecule has 6 rings (SSSR count). The van der Waals surface area contributed by atoms with Crippen LogP contribution in [-0.4, -0.2) is 46.6 Å². The van der Waals surface area contributed by atoms with Gasteiger partial charge < -0.3 is 9.47 Å². The number of nitrogens with one attached hydrogen (secondary N) is 2. The van der Waals surface area contributed by atoms with E-state index in [4.69, 9.17) is 38.5 Å². The van der Waals surface area contributed by atoms with Crippen molar-refractivity contribution >= 4 is 80.6 Å². The normalized spacial score (nSPS) is 11.4. The molecule has 2 unspecified atom stereocenters. The Bertz CT molecular complexity index is 2260. The summed E-state index contributed by atoms with van der Waals surface area (Å²) < 4.78 is 10.5. The molecule has 0 aliphatic heterocycles. The Labute approximate surface area is 357 Å². The third kappa shape index (κ3) is 13.9. The van der Waals surface area contributed by atoms with Gasteiger partial charge in [0, 0.05) is 43.1 Å². The highest BCUT2D eigenvalue weighted by Crippen LogP contribution is 2.31. The predicted octanol–water partition coefficient (Wildman–Crippen LogP) is 11.7. The second-order valence-electron chi connectivity index (χ2n) is 12.1. The Balaban J connectivity index is 0.000000253. The maximum Gasteiger partial charge on any atom is 0.339 e. The molecule has 0 fully saturated rings. The van der Waals surface area contributed by atoms with Crippen molar-refractivity contribution < 1.29 is 23.9 Å². The number of thiazole rings is 2. The summed E-state index contributed by atoms with van der Waals surface area (Å²) in [7, 11) is 0. The van der Waals surface area contributed by atoms with Gasteiger partial charge in [0.15, 0.2) is 11.4 Å². The zero-order valence-corrected chi connectivity index (χ0v) is 34.8. The Morgan fingerprint density at radius 2 is 1.16 bits per heavy atom. The van der Waals surface area contributed by atoms with Gasteiger partial charge in [-0.3, -0.25) is 15.6 Å². The molecule has 2 heterocycles. The number of nitrogens with zero attached hydrogens (tertiary/aromatic N) is 3. The molecule has 6 aromatic rings. The summed E-state index contributed by atoms with van der Waals surface area (Å²) in [5.41, 5.74) is 10.7. The third-order valence-electron chi connectivity index (χ3n) is 8.05. The van der Waals surface area contributed by atoms with Crippen molar-refractivity contribution in [3.8, 4) is 22.5 Å². The van der Waals surface area contributed by atoms with E-state index in [2.05, 4.69) is 25.9 Å². The molecule has 0 aliphatic carbocycles. The van der Waals surface area contributed by atoms with Crippen molar-refractivity contribution in [1.29, 1.82) is 0 Å². The lowest BCUT2D eigenvalue weighted by molar-refractivity contribution is 0.0324. The van der Waals surface area contributed by atoms with Gasteiger partial charge in [0.2, 0.25) is 5.13 Å². The summed E-state index contributed by atoms with van der Waals surface area (Å²) in [4.78, 5) is 43.4. The first kappa shape index (κ1) is 46.9. The SMILES string of the molecule is C.CCC(C)OC(=O)c1ccccc1/C=N/Nc1nc(-c2ccccc2Cl)cs1.CCC(C)OC(=O)c1ccccc1C=O.NNc1nc(-c2ccccc2Cl)cs1. The molecule has 4 aromatic carbocycles. The van der Waals surface area contributed by atoms with Crippen LogP contribution in [0, 0.1) is 0 Å². The first-order valence-electron chi connectivity index (χ1n) is 17.8. The molecule has 58 heavy (non-hydrogen) atoms. The number of hydrogen-bond donors (Lipinski definition) is 3. The van der Waals surface area contributed by atoms with Crippen molar-refractivity contribution in [2.45, 2.75) is 60.2 Å². The molecule has 15 heteroatoms. The Kier molecular flexibility index (Phi) is 19.7.